The van der Waals surface area contributed by atoms with Crippen LogP contribution in [0.5, 0.6) is 0 Å². The Balaban J connectivity index is 2.10. The Morgan fingerprint density at radius 1 is 1.20 bits per heavy atom. The summed E-state index contributed by atoms with van der Waals surface area (Å²) in [6.07, 6.45) is 4.24. The molecule has 1 heterocycles. The lowest BCUT2D eigenvalue weighted by Gasteiger charge is -2.33. The Bertz CT molecular complexity index is 388. The minimum Gasteiger partial charge on any atom is -0.354 e. The molecule has 2 rings (SSSR count). The van der Waals surface area contributed by atoms with E-state index in [-0.39, 0.29) is 7.92 Å². The summed E-state index contributed by atoms with van der Waals surface area (Å²) in [4.78, 5) is 0. The van der Waals surface area contributed by atoms with Crippen molar-refractivity contribution in [2.24, 2.45) is 0 Å². The number of hydrogen-bond acceptors (Lipinski definition) is 2. The van der Waals surface area contributed by atoms with E-state index in [0.29, 0.717) is 11.8 Å². The Morgan fingerprint density at radius 3 is 2.35 bits per heavy atom. The lowest BCUT2D eigenvalue weighted by Crippen LogP contribution is -2.35. The summed E-state index contributed by atoms with van der Waals surface area (Å²) < 4.78 is 11.7. The van der Waals surface area contributed by atoms with Gasteiger partial charge in [-0.25, -0.2) is 0 Å². The largest absolute Gasteiger partial charge is 0.354 e. The van der Waals surface area contributed by atoms with Crippen molar-refractivity contribution in [2.45, 2.75) is 89.7 Å². The molecule has 0 radical (unpaired) electrons. The average molecular weight is 298 g/mol. The van der Waals surface area contributed by atoms with Crippen LogP contribution in [-0.2, 0) is 9.47 Å². The molecule has 0 saturated carbocycles. The van der Waals surface area contributed by atoms with Crippen molar-refractivity contribution in [3.63, 3.8) is 0 Å². The standard InChI is InChI=1S/C17H31O2P/c1-11-8-9-16(13(11)3)20-12(2)10-15(14(20)4)19-17(5,6)18-7/h12,14-16H,8-10H2,1-7H3/t12-,14-,15-,16-,20?/m0/s1. The van der Waals surface area contributed by atoms with E-state index in [0.717, 1.165) is 11.3 Å². The zero-order valence-corrected chi connectivity index (χ0v) is 15.1. The molecular weight excluding hydrogens is 267 g/mol. The number of rotatable bonds is 4. The van der Waals surface area contributed by atoms with Gasteiger partial charge < -0.3 is 9.47 Å². The second-order valence-corrected chi connectivity index (χ2v) is 10.3. The van der Waals surface area contributed by atoms with Crippen molar-refractivity contribution >= 4 is 7.92 Å². The van der Waals surface area contributed by atoms with E-state index in [1.54, 1.807) is 18.3 Å². The van der Waals surface area contributed by atoms with E-state index in [4.69, 9.17) is 9.47 Å². The molecule has 0 spiro atoms. The second kappa shape index (κ2) is 6.07. The summed E-state index contributed by atoms with van der Waals surface area (Å²) in [5.41, 5.74) is 5.65. The van der Waals surface area contributed by atoms with Crippen LogP contribution in [0.15, 0.2) is 11.1 Å². The molecule has 1 fully saturated rings. The predicted molar refractivity (Wildman–Crippen MR) is 87.8 cm³/mol. The van der Waals surface area contributed by atoms with Gasteiger partial charge >= 0.3 is 0 Å². The van der Waals surface area contributed by atoms with Crippen molar-refractivity contribution < 1.29 is 9.47 Å². The minimum absolute atomic E-state index is 0.0296. The molecule has 3 heteroatoms. The predicted octanol–water partition coefficient (Wildman–Crippen LogP) is 4.92. The van der Waals surface area contributed by atoms with Gasteiger partial charge in [0.2, 0.25) is 0 Å². The third-order valence-corrected chi connectivity index (χ3v) is 9.21. The van der Waals surface area contributed by atoms with Crippen LogP contribution in [0.3, 0.4) is 0 Å². The van der Waals surface area contributed by atoms with E-state index in [1.165, 1.54) is 19.3 Å². The molecule has 5 atom stereocenters. The molecule has 0 aromatic rings. The highest BCUT2D eigenvalue weighted by atomic mass is 31.1. The molecule has 116 valence electrons. The van der Waals surface area contributed by atoms with Crippen molar-refractivity contribution in [3.8, 4) is 0 Å². The molecule has 20 heavy (non-hydrogen) atoms. The van der Waals surface area contributed by atoms with Crippen LogP contribution in [0.4, 0.5) is 0 Å². The summed E-state index contributed by atoms with van der Waals surface area (Å²) in [6.45, 7) is 13.6. The summed E-state index contributed by atoms with van der Waals surface area (Å²) in [7, 11) is 1.76. The quantitative estimate of drug-likeness (QED) is 0.417. The third kappa shape index (κ3) is 3.13. The Kier molecular flexibility index (Phi) is 4.99. The maximum atomic E-state index is 6.26. The third-order valence-electron chi connectivity index (χ3n) is 5.34. The maximum Gasteiger partial charge on any atom is 0.162 e. The number of hydrogen-bond donors (Lipinski definition) is 0. The fourth-order valence-electron chi connectivity index (χ4n) is 3.82. The summed E-state index contributed by atoms with van der Waals surface area (Å²) in [6, 6.07) is 0. The van der Waals surface area contributed by atoms with Gasteiger partial charge in [0, 0.05) is 18.4 Å². The van der Waals surface area contributed by atoms with Crippen molar-refractivity contribution in [1.82, 2.24) is 0 Å². The van der Waals surface area contributed by atoms with Crippen LogP contribution in [0, 0.1) is 0 Å². The van der Waals surface area contributed by atoms with E-state index >= 15 is 0 Å². The van der Waals surface area contributed by atoms with Crippen molar-refractivity contribution in [2.75, 3.05) is 7.11 Å². The molecule has 2 nitrogen and oxygen atoms in total. The first kappa shape index (κ1) is 16.5. The summed E-state index contributed by atoms with van der Waals surface area (Å²) in [5.74, 6) is -0.458. The molecule has 1 aliphatic carbocycles. The van der Waals surface area contributed by atoms with Gasteiger partial charge in [0.1, 0.15) is 0 Å². The van der Waals surface area contributed by atoms with Gasteiger partial charge in [-0.1, -0.05) is 32.9 Å². The summed E-state index contributed by atoms with van der Waals surface area (Å²) in [5, 5.41) is 0. The van der Waals surface area contributed by atoms with Crippen LogP contribution in [0.1, 0.15) is 60.8 Å². The van der Waals surface area contributed by atoms with Gasteiger partial charge in [-0.05, 0) is 52.6 Å². The second-order valence-electron chi connectivity index (χ2n) is 7.05. The first-order valence-corrected chi connectivity index (χ1v) is 9.48. The molecule has 0 aromatic carbocycles. The van der Waals surface area contributed by atoms with E-state index < -0.39 is 5.79 Å². The molecule has 0 bridgehead atoms. The Morgan fingerprint density at radius 2 is 1.85 bits per heavy atom. The van der Waals surface area contributed by atoms with Crippen LogP contribution in [0.25, 0.3) is 0 Å². The smallest absolute Gasteiger partial charge is 0.162 e. The number of allylic oxidation sites excluding steroid dienone is 2. The van der Waals surface area contributed by atoms with E-state index in [2.05, 4.69) is 27.7 Å². The first-order valence-electron chi connectivity index (χ1n) is 7.93. The first-order chi connectivity index (χ1) is 9.26. The highest BCUT2D eigenvalue weighted by Gasteiger charge is 2.45. The van der Waals surface area contributed by atoms with Gasteiger partial charge in [0.15, 0.2) is 5.79 Å². The molecule has 0 N–H and O–H groups in total. The van der Waals surface area contributed by atoms with Gasteiger partial charge in [-0.15, -0.1) is 0 Å². The van der Waals surface area contributed by atoms with Crippen LogP contribution < -0.4 is 0 Å². The van der Waals surface area contributed by atoms with Crippen LogP contribution in [0.2, 0.25) is 0 Å². The zero-order valence-electron chi connectivity index (χ0n) is 14.2. The van der Waals surface area contributed by atoms with Crippen LogP contribution in [-0.4, -0.2) is 36.0 Å². The number of ether oxygens (including phenoxy) is 2. The Hall–Kier alpha value is 0.0900. The van der Waals surface area contributed by atoms with Crippen molar-refractivity contribution in [3.05, 3.63) is 11.1 Å². The SMILES string of the molecule is COC(C)(C)O[C@H]1C[C@H](C)P([C@H]2CCC(C)=C2C)[C@H]1C. The maximum absolute atomic E-state index is 6.26. The monoisotopic (exact) mass is 298 g/mol. The molecule has 1 unspecified atom stereocenters. The van der Waals surface area contributed by atoms with E-state index in [9.17, 15) is 0 Å². The summed E-state index contributed by atoms with van der Waals surface area (Å²) >= 11 is 0. The average Bonchev–Trinajstić information content (AvgIpc) is 2.82. The molecule has 0 amide bonds. The molecule has 1 saturated heterocycles. The lowest BCUT2D eigenvalue weighted by molar-refractivity contribution is -0.222. The van der Waals surface area contributed by atoms with Gasteiger partial charge in [0.25, 0.3) is 0 Å². The van der Waals surface area contributed by atoms with Crippen molar-refractivity contribution in [1.29, 1.82) is 0 Å². The van der Waals surface area contributed by atoms with Gasteiger partial charge in [0.05, 0.1) is 6.10 Å². The topological polar surface area (TPSA) is 18.5 Å². The lowest BCUT2D eigenvalue weighted by atomic mass is 10.1. The normalized spacial score (nSPS) is 38.9. The number of methoxy groups -OCH3 is 1. The highest BCUT2D eigenvalue weighted by molar-refractivity contribution is 7.60. The zero-order chi connectivity index (χ0) is 15.1. The molecule has 0 aromatic heterocycles. The molecular formula is C17H31O2P. The van der Waals surface area contributed by atoms with Gasteiger partial charge in [-0.3, -0.25) is 0 Å². The highest BCUT2D eigenvalue weighted by Crippen LogP contribution is 2.64. The van der Waals surface area contributed by atoms with E-state index in [1.807, 2.05) is 13.8 Å². The molecule has 1 aliphatic heterocycles. The van der Waals surface area contributed by atoms with Crippen LogP contribution >= 0.6 is 7.92 Å². The minimum atomic E-state index is -0.458. The fourth-order valence-corrected chi connectivity index (χ4v) is 7.92. The van der Waals surface area contributed by atoms with Gasteiger partial charge in [-0.2, -0.15) is 0 Å². The molecule has 2 aliphatic rings. The fraction of sp³-hybridized carbons (Fsp3) is 0.882. The Labute approximate surface area is 126 Å².